The van der Waals surface area contributed by atoms with Crippen LogP contribution in [0.3, 0.4) is 0 Å². The molecule has 4 rings (SSSR count). The van der Waals surface area contributed by atoms with Gasteiger partial charge in [-0.2, -0.15) is 0 Å². The molecule has 2 aromatic carbocycles. The van der Waals surface area contributed by atoms with Gasteiger partial charge in [0.25, 0.3) is 5.91 Å². The van der Waals surface area contributed by atoms with Gasteiger partial charge in [0.1, 0.15) is 5.37 Å². The molecule has 2 heterocycles. The van der Waals surface area contributed by atoms with Gasteiger partial charge in [-0.05, 0) is 53.4 Å². The highest BCUT2D eigenvalue weighted by Crippen LogP contribution is 2.42. The van der Waals surface area contributed by atoms with E-state index in [1.807, 2.05) is 41.3 Å². The number of nitrogens with one attached hydrogen (secondary N) is 1. The summed E-state index contributed by atoms with van der Waals surface area (Å²) in [7, 11) is 0. The minimum Gasteiger partial charge on any atom is -0.459 e. The summed E-state index contributed by atoms with van der Waals surface area (Å²) in [5, 5.41) is 2.72. The van der Waals surface area contributed by atoms with Gasteiger partial charge in [-0.1, -0.05) is 38.1 Å². The first-order valence-corrected chi connectivity index (χ1v) is 10.6. The number of nitrogens with zero attached hydrogens (tertiary/aromatic N) is 1. The van der Waals surface area contributed by atoms with Crippen LogP contribution >= 0.6 is 11.8 Å². The van der Waals surface area contributed by atoms with E-state index in [9.17, 15) is 9.59 Å². The molecule has 1 atom stereocenters. The molecule has 0 saturated carbocycles. The SMILES string of the molecule is CC(C)c1ccc(N2C(=O)CS[C@@H]2c2cccc(NC(=O)c3ccco3)c2)cc1. The van der Waals surface area contributed by atoms with Crippen molar-refractivity contribution in [2.24, 2.45) is 0 Å². The third-order valence-electron chi connectivity index (χ3n) is 4.88. The molecule has 0 radical (unpaired) electrons. The number of furan rings is 1. The van der Waals surface area contributed by atoms with Crippen molar-refractivity contribution in [3.8, 4) is 0 Å². The van der Waals surface area contributed by atoms with Crippen molar-refractivity contribution < 1.29 is 14.0 Å². The first-order valence-electron chi connectivity index (χ1n) is 9.51. The number of rotatable bonds is 5. The van der Waals surface area contributed by atoms with Crippen molar-refractivity contribution in [3.05, 3.63) is 83.8 Å². The Labute approximate surface area is 174 Å². The van der Waals surface area contributed by atoms with Crippen LogP contribution in [0.2, 0.25) is 0 Å². The maximum Gasteiger partial charge on any atom is 0.291 e. The highest BCUT2D eigenvalue weighted by Gasteiger charge is 2.34. The Hall–Kier alpha value is -2.99. The number of anilines is 2. The first-order chi connectivity index (χ1) is 14.0. The van der Waals surface area contributed by atoms with Crippen LogP contribution < -0.4 is 10.2 Å². The number of carbonyl (C=O) groups excluding carboxylic acids is 2. The van der Waals surface area contributed by atoms with Crippen LogP contribution in [0.1, 0.15) is 46.8 Å². The van der Waals surface area contributed by atoms with Crippen LogP contribution in [0.5, 0.6) is 0 Å². The second kappa shape index (κ2) is 8.17. The van der Waals surface area contributed by atoms with Gasteiger partial charge in [0.15, 0.2) is 5.76 Å². The number of hydrogen-bond acceptors (Lipinski definition) is 4. The molecule has 1 fully saturated rings. The summed E-state index contributed by atoms with van der Waals surface area (Å²) in [4.78, 5) is 26.7. The molecule has 1 aliphatic heterocycles. The van der Waals surface area contributed by atoms with E-state index in [0.29, 0.717) is 17.4 Å². The van der Waals surface area contributed by atoms with Crippen molar-refractivity contribution in [2.75, 3.05) is 16.0 Å². The lowest BCUT2D eigenvalue weighted by atomic mass is 10.0. The van der Waals surface area contributed by atoms with Gasteiger partial charge in [0.2, 0.25) is 5.91 Å². The van der Waals surface area contributed by atoms with Gasteiger partial charge in [-0.15, -0.1) is 11.8 Å². The molecule has 1 saturated heterocycles. The normalized spacial score (nSPS) is 16.4. The summed E-state index contributed by atoms with van der Waals surface area (Å²) in [5.74, 6) is 0.913. The first kappa shape index (κ1) is 19.3. The van der Waals surface area contributed by atoms with E-state index >= 15 is 0 Å². The van der Waals surface area contributed by atoms with E-state index in [2.05, 4.69) is 31.3 Å². The lowest BCUT2D eigenvalue weighted by Crippen LogP contribution is -2.27. The van der Waals surface area contributed by atoms with E-state index in [1.165, 1.54) is 11.8 Å². The molecule has 1 aliphatic rings. The molecule has 3 aromatic rings. The summed E-state index contributed by atoms with van der Waals surface area (Å²) in [5.41, 5.74) is 3.76. The minimum absolute atomic E-state index is 0.0855. The van der Waals surface area contributed by atoms with Crippen LogP contribution in [-0.2, 0) is 4.79 Å². The minimum atomic E-state index is -0.302. The fourth-order valence-electron chi connectivity index (χ4n) is 3.34. The predicted octanol–water partition coefficient (Wildman–Crippen LogP) is 5.43. The molecule has 29 heavy (non-hydrogen) atoms. The lowest BCUT2D eigenvalue weighted by Gasteiger charge is -2.25. The zero-order valence-electron chi connectivity index (χ0n) is 16.3. The van der Waals surface area contributed by atoms with E-state index < -0.39 is 0 Å². The number of benzene rings is 2. The second-order valence-corrected chi connectivity index (χ2v) is 8.30. The Bertz CT molecular complexity index is 1010. The summed E-state index contributed by atoms with van der Waals surface area (Å²) in [6.07, 6.45) is 1.47. The highest BCUT2D eigenvalue weighted by molar-refractivity contribution is 8.00. The third kappa shape index (κ3) is 4.07. The Balaban J connectivity index is 1.58. The molecular weight excluding hydrogens is 384 g/mol. The van der Waals surface area contributed by atoms with Crippen LogP contribution in [0.15, 0.2) is 71.3 Å². The standard InChI is InChI=1S/C23H22N2O3S/c1-15(2)16-8-10-19(11-9-16)25-21(26)14-29-23(25)17-5-3-6-18(13-17)24-22(27)20-7-4-12-28-20/h3-13,15,23H,14H2,1-2H3,(H,24,27)/t23-/m1/s1. The Morgan fingerprint density at radius 3 is 2.62 bits per heavy atom. The lowest BCUT2D eigenvalue weighted by molar-refractivity contribution is -0.115. The fraction of sp³-hybridized carbons (Fsp3) is 0.217. The third-order valence-corrected chi connectivity index (χ3v) is 6.09. The molecule has 1 N–H and O–H groups in total. The van der Waals surface area contributed by atoms with E-state index in [-0.39, 0.29) is 22.9 Å². The zero-order chi connectivity index (χ0) is 20.4. The number of amides is 2. The summed E-state index contributed by atoms with van der Waals surface area (Å²) in [6, 6.07) is 19.1. The topological polar surface area (TPSA) is 62.6 Å². The summed E-state index contributed by atoms with van der Waals surface area (Å²) < 4.78 is 5.14. The molecule has 0 aliphatic carbocycles. The second-order valence-electron chi connectivity index (χ2n) is 7.23. The maximum atomic E-state index is 12.6. The van der Waals surface area contributed by atoms with Crippen LogP contribution in [-0.4, -0.2) is 17.6 Å². The Kier molecular flexibility index (Phi) is 5.45. The molecule has 5 nitrogen and oxygen atoms in total. The molecule has 148 valence electrons. The van der Waals surface area contributed by atoms with E-state index in [4.69, 9.17) is 4.42 Å². The molecular formula is C23H22N2O3S. The summed E-state index contributed by atoms with van der Waals surface area (Å²) >= 11 is 1.59. The monoisotopic (exact) mass is 406 g/mol. The number of hydrogen-bond donors (Lipinski definition) is 1. The van der Waals surface area contributed by atoms with Gasteiger partial charge in [-0.25, -0.2) is 0 Å². The highest BCUT2D eigenvalue weighted by atomic mass is 32.2. The van der Waals surface area contributed by atoms with Gasteiger partial charge in [0, 0.05) is 11.4 Å². The van der Waals surface area contributed by atoms with E-state index in [1.54, 1.807) is 23.9 Å². The van der Waals surface area contributed by atoms with Gasteiger partial charge in [0.05, 0.1) is 12.0 Å². The molecule has 6 heteroatoms. The summed E-state index contributed by atoms with van der Waals surface area (Å²) in [6.45, 7) is 4.30. The van der Waals surface area contributed by atoms with Crippen LogP contribution in [0.25, 0.3) is 0 Å². The average molecular weight is 407 g/mol. The van der Waals surface area contributed by atoms with Gasteiger partial charge < -0.3 is 9.73 Å². The zero-order valence-corrected chi connectivity index (χ0v) is 17.1. The van der Waals surface area contributed by atoms with Crippen molar-refractivity contribution in [3.63, 3.8) is 0 Å². The molecule has 0 spiro atoms. The van der Waals surface area contributed by atoms with Gasteiger partial charge in [-0.3, -0.25) is 14.5 Å². The molecule has 2 amide bonds. The van der Waals surface area contributed by atoms with Crippen molar-refractivity contribution in [1.82, 2.24) is 0 Å². The van der Waals surface area contributed by atoms with E-state index in [0.717, 1.165) is 11.3 Å². The predicted molar refractivity (Wildman–Crippen MR) is 116 cm³/mol. The Morgan fingerprint density at radius 2 is 1.93 bits per heavy atom. The number of thioether (sulfide) groups is 1. The van der Waals surface area contributed by atoms with Gasteiger partial charge >= 0.3 is 0 Å². The van der Waals surface area contributed by atoms with Crippen LogP contribution in [0, 0.1) is 0 Å². The maximum absolute atomic E-state index is 12.6. The molecule has 0 bridgehead atoms. The van der Waals surface area contributed by atoms with Crippen molar-refractivity contribution in [2.45, 2.75) is 25.1 Å². The van der Waals surface area contributed by atoms with Crippen molar-refractivity contribution >= 4 is 35.0 Å². The largest absolute Gasteiger partial charge is 0.459 e. The average Bonchev–Trinajstić information content (AvgIpc) is 3.38. The molecule has 0 unspecified atom stereocenters. The van der Waals surface area contributed by atoms with Crippen molar-refractivity contribution in [1.29, 1.82) is 0 Å². The van der Waals surface area contributed by atoms with Crippen LogP contribution in [0.4, 0.5) is 11.4 Å². The fourth-order valence-corrected chi connectivity index (χ4v) is 4.51. The number of carbonyl (C=O) groups is 2. The Morgan fingerprint density at radius 1 is 1.14 bits per heavy atom. The molecule has 1 aromatic heterocycles. The quantitative estimate of drug-likeness (QED) is 0.613. The smallest absolute Gasteiger partial charge is 0.291 e.